The van der Waals surface area contributed by atoms with Crippen LogP contribution in [0.15, 0.2) is 23.1 Å². The van der Waals surface area contributed by atoms with Crippen molar-refractivity contribution in [1.29, 1.82) is 0 Å². The highest BCUT2D eigenvalue weighted by Crippen LogP contribution is 2.23. The summed E-state index contributed by atoms with van der Waals surface area (Å²) in [6, 6.07) is 3.58. The van der Waals surface area contributed by atoms with Gasteiger partial charge in [0.15, 0.2) is 0 Å². The molecule has 0 heterocycles. The van der Waals surface area contributed by atoms with Crippen molar-refractivity contribution in [2.24, 2.45) is 0 Å². The highest BCUT2D eigenvalue weighted by Gasteiger charge is 2.07. The third-order valence-electron chi connectivity index (χ3n) is 2.38. The molecule has 1 rings (SSSR count). The average molecular weight is 273 g/mol. The molecule has 0 aliphatic carbocycles. The van der Waals surface area contributed by atoms with Crippen molar-refractivity contribution >= 4 is 11.8 Å². The third-order valence-corrected chi connectivity index (χ3v) is 3.49. The normalized spacial score (nSPS) is 11.8. The number of hydrogen-bond acceptors (Lipinski definition) is 2. The van der Waals surface area contributed by atoms with Crippen LogP contribution >= 0.6 is 11.8 Å². The predicted octanol–water partition coefficient (Wildman–Crippen LogP) is 4.23. The first-order chi connectivity index (χ1) is 8.38. The van der Waals surface area contributed by atoms with E-state index in [1.165, 1.54) is 23.9 Å². The molecule has 0 saturated heterocycles. The molecule has 1 N–H and O–H groups in total. The Bertz CT molecular complexity index is 375. The number of halogens is 2. The highest BCUT2D eigenvalue weighted by molar-refractivity contribution is 7.99. The third kappa shape index (κ3) is 6.36. The molecular formula is C14H21F2NS. The highest BCUT2D eigenvalue weighted by atomic mass is 32.2. The van der Waals surface area contributed by atoms with Gasteiger partial charge in [-0.25, -0.2) is 8.78 Å². The maximum Gasteiger partial charge on any atom is 0.136 e. The van der Waals surface area contributed by atoms with Crippen LogP contribution in [0.25, 0.3) is 0 Å². The molecule has 1 nitrogen and oxygen atoms in total. The lowest BCUT2D eigenvalue weighted by Gasteiger charge is -2.20. The molecule has 0 atom stereocenters. The molecule has 0 bridgehead atoms. The number of nitrogens with one attached hydrogen (secondary N) is 1. The Kier molecular flexibility index (Phi) is 6.09. The van der Waals surface area contributed by atoms with E-state index < -0.39 is 0 Å². The average Bonchev–Trinajstić information content (AvgIpc) is 2.26. The van der Waals surface area contributed by atoms with Gasteiger partial charge in [0.05, 0.1) is 0 Å². The van der Waals surface area contributed by atoms with E-state index in [4.69, 9.17) is 0 Å². The minimum Gasteiger partial charge on any atom is -0.312 e. The van der Waals surface area contributed by atoms with Gasteiger partial charge in [-0.15, -0.1) is 11.8 Å². The lowest BCUT2D eigenvalue weighted by Crippen LogP contribution is -2.36. The number of hydrogen-bond donors (Lipinski definition) is 1. The fraction of sp³-hybridized carbons (Fsp3) is 0.571. The maximum absolute atomic E-state index is 13.3. The van der Waals surface area contributed by atoms with E-state index in [1.54, 1.807) is 0 Å². The molecule has 0 radical (unpaired) electrons. The molecular weight excluding hydrogens is 252 g/mol. The van der Waals surface area contributed by atoms with Crippen molar-refractivity contribution in [3.8, 4) is 0 Å². The fourth-order valence-corrected chi connectivity index (χ4v) is 2.43. The minimum atomic E-state index is -0.381. The van der Waals surface area contributed by atoms with Crippen LogP contribution < -0.4 is 5.32 Å². The quantitative estimate of drug-likeness (QED) is 0.615. The lowest BCUT2D eigenvalue weighted by atomic mass is 10.1. The molecule has 0 amide bonds. The first-order valence-corrected chi connectivity index (χ1v) is 7.20. The zero-order chi connectivity index (χ0) is 13.6. The van der Waals surface area contributed by atoms with Gasteiger partial charge in [-0.05, 0) is 64.1 Å². The van der Waals surface area contributed by atoms with Crippen molar-refractivity contribution < 1.29 is 8.78 Å². The van der Waals surface area contributed by atoms with Crippen molar-refractivity contribution in [3.05, 3.63) is 29.8 Å². The standard InChI is InChI=1S/C14H21F2NS/c1-14(2,3)17-8-4-5-9-18-13-10-11(15)6-7-12(13)16/h6-7,10,17H,4-5,8-9H2,1-3H3. The minimum absolute atomic E-state index is 0.141. The van der Waals surface area contributed by atoms with E-state index in [1.807, 2.05) is 0 Å². The monoisotopic (exact) mass is 273 g/mol. The van der Waals surface area contributed by atoms with Gasteiger partial charge < -0.3 is 5.32 Å². The largest absolute Gasteiger partial charge is 0.312 e. The summed E-state index contributed by atoms with van der Waals surface area (Å²) in [7, 11) is 0. The maximum atomic E-state index is 13.3. The van der Waals surface area contributed by atoms with E-state index in [-0.39, 0.29) is 17.2 Å². The van der Waals surface area contributed by atoms with Crippen LogP contribution in [0, 0.1) is 11.6 Å². The van der Waals surface area contributed by atoms with Crippen molar-refractivity contribution in [3.63, 3.8) is 0 Å². The summed E-state index contributed by atoms with van der Waals surface area (Å²) < 4.78 is 26.2. The van der Waals surface area contributed by atoms with Crippen LogP contribution in [-0.4, -0.2) is 17.8 Å². The van der Waals surface area contributed by atoms with Gasteiger partial charge >= 0.3 is 0 Å². The molecule has 18 heavy (non-hydrogen) atoms. The van der Waals surface area contributed by atoms with Crippen molar-refractivity contribution in [1.82, 2.24) is 5.32 Å². The summed E-state index contributed by atoms with van der Waals surface area (Å²) in [6.45, 7) is 7.34. The number of benzene rings is 1. The first kappa shape index (κ1) is 15.4. The molecule has 0 saturated carbocycles. The first-order valence-electron chi connectivity index (χ1n) is 6.21. The summed E-state index contributed by atoms with van der Waals surface area (Å²) in [5.74, 6) is 0.0918. The second-order valence-corrected chi connectivity index (χ2v) is 6.44. The summed E-state index contributed by atoms with van der Waals surface area (Å²) >= 11 is 1.38. The second-order valence-electron chi connectivity index (χ2n) is 5.31. The second kappa shape index (κ2) is 7.10. The molecule has 0 aliphatic rings. The SMILES string of the molecule is CC(C)(C)NCCCCSc1cc(F)ccc1F. The van der Waals surface area contributed by atoms with Crippen LogP contribution in [-0.2, 0) is 0 Å². The van der Waals surface area contributed by atoms with Gasteiger partial charge in [-0.2, -0.15) is 0 Å². The zero-order valence-corrected chi connectivity index (χ0v) is 12.0. The van der Waals surface area contributed by atoms with Crippen LogP contribution in [0.3, 0.4) is 0 Å². The van der Waals surface area contributed by atoms with Crippen LogP contribution in [0.5, 0.6) is 0 Å². The van der Waals surface area contributed by atoms with Gasteiger partial charge in [-0.1, -0.05) is 0 Å². The summed E-state index contributed by atoms with van der Waals surface area (Å²) in [4.78, 5) is 0.402. The molecule has 0 aromatic heterocycles. The number of rotatable bonds is 6. The van der Waals surface area contributed by atoms with E-state index in [0.717, 1.165) is 31.2 Å². The smallest absolute Gasteiger partial charge is 0.136 e. The Morgan fingerprint density at radius 1 is 1.17 bits per heavy atom. The number of thioether (sulfide) groups is 1. The van der Waals surface area contributed by atoms with Gasteiger partial charge in [0.1, 0.15) is 11.6 Å². The predicted molar refractivity (Wildman–Crippen MR) is 74.1 cm³/mol. The molecule has 0 fully saturated rings. The van der Waals surface area contributed by atoms with Crippen LogP contribution in [0.2, 0.25) is 0 Å². The number of unbranched alkanes of at least 4 members (excludes halogenated alkanes) is 1. The Balaban J connectivity index is 2.20. The Morgan fingerprint density at radius 2 is 1.89 bits per heavy atom. The fourth-order valence-electron chi connectivity index (χ4n) is 1.46. The van der Waals surface area contributed by atoms with Crippen molar-refractivity contribution in [2.45, 2.75) is 44.0 Å². The molecule has 102 valence electrons. The van der Waals surface area contributed by atoms with Gasteiger partial charge in [0.2, 0.25) is 0 Å². The van der Waals surface area contributed by atoms with E-state index in [0.29, 0.717) is 4.90 Å². The topological polar surface area (TPSA) is 12.0 Å². The molecule has 1 aromatic carbocycles. The van der Waals surface area contributed by atoms with E-state index in [9.17, 15) is 8.78 Å². The van der Waals surface area contributed by atoms with E-state index >= 15 is 0 Å². The van der Waals surface area contributed by atoms with Gasteiger partial charge in [-0.3, -0.25) is 0 Å². The Hall–Kier alpha value is -0.610. The van der Waals surface area contributed by atoms with E-state index in [2.05, 4.69) is 26.1 Å². The summed E-state index contributed by atoms with van der Waals surface area (Å²) in [5, 5.41) is 3.40. The summed E-state index contributed by atoms with van der Waals surface area (Å²) in [5.41, 5.74) is 0.141. The molecule has 1 aromatic rings. The molecule has 0 spiro atoms. The Morgan fingerprint density at radius 3 is 2.56 bits per heavy atom. The van der Waals surface area contributed by atoms with Gasteiger partial charge in [0, 0.05) is 10.4 Å². The Labute approximate surface area is 112 Å². The van der Waals surface area contributed by atoms with Crippen LogP contribution in [0.4, 0.5) is 8.78 Å². The zero-order valence-electron chi connectivity index (χ0n) is 11.2. The molecule has 4 heteroatoms. The lowest BCUT2D eigenvalue weighted by molar-refractivity contribution is 0.421. The van der Waals surface area contributed by atoms with Crippen LogP contribution in [0.1, 0.15) is 33.6 Å². The van der Waals surface area contributed by atoms with Crippen molar-refractivity contribution in [2.75, 3.05) is 12.3 Å². The molecule has 0 unspecified atom stereocenters. The summed E-state index contributed by atoms with van der Waals surface area (Å²) in [6.07, 6.45) is 2.03. The van der Waals surface area contributed by atoms with Gasteiger partial charge in [0.25, 0.3) is 0 Å². The molecule has 0 aliphatic heterocycles.